The van der Waals surface area contributed by atoms with Gasteiger partial charge in [0.2, 0.25) is 12.1 Å². The summed E-state index contributed by atoms with van der Waals surface area (Å²) in [4.78, 5) is 21.5. The molecule has 3 aromatic rings. The number of rotatable bonds is 18. The zero-order chi connectivity index (χ0) is 40.5. The van der Waals surface area contributed by atoms with E-state index in [2.05, 4.69) is 36.9 Å². The number of aliphatic hydroxyl groups excluding tert-OH is 2. The molecule has 11 nitrogen and oxygen atoms in total. The standard InChI is InChI=1S/C46H57ClN2O9/c1-3-24-55-46-41(49(2)45(52)54-26-21-47)30-39(48-58-42-16-8-11-25-53-42)37-28-33(14-6-9-22-50)36(15-7-10-23-51)43(44(37)46)38-29-35(19-20-40(38)57-46)56-34-18-17-31-12-4-5-13-32(31)27-34/h3-5,12-13,17-20,27-29,33,36,41-44,50-51H,1,6-11,14-16,21-26,30H2,2H3. The normalized spacial score (nSPS) is 26.8. The highest BCUT2D eigenvalue weighted by Gasteiger charge is 2.65. The van der Waals surface area contributed by atoms with Gasteiger partial charge < -0.3 is 43.6 Å². The quantitative estimate of drug-likeness (QED) is 0.0559. The maximum Gasteiger partial charge on any atom is 0.410 e. The minimum Gasteiger partial charge on any atom is -0.459 e. The zero-order valence-electron chi connectivity index (χ0n) is 33.4. The summed E-state index contributed by atoms with van der Waals surface area (Å²) in [5.74, 6) is 0.295. The molecule has 12 heteroatoms. The van der Waals surface area contributed by atoms with Crippen LogP contribution in [0.4, 0.5) is 4.79 Å². The first-order chi connectivity index (χ1) is 28.4. The van der Waals surface area contributed by atoms with E-state index in [0.29, 0.717) is 36.7 Å². The van der Waals surface area contributed by atoms with Crippen LogP contribution in [0.5, 0.6) is 17.2 Å². The van der Waals surface area contributed by atoms with Crippen molar-refractivity contribution < 1.29 is 43.5 Å². The predicted octanol–water partition coefficient (Wildman–Crippen LogP) is 9.10. The third kappa shape index (κ3) is 9.04. The van der Waals surface area contributed by atoms with Gasteiger partial charge in [0.15, 0.2) is 0 Å². The van der Waals surface area contributed by atoms with Gasteiger partial charge in [0.1, 0.15) is 29.9 Å². The topological polar surface area (TPSA) is 129 Å². The lowest BCUT2D eigenvalue weighted by Crippen LogP contribution is -2.69. The second-order valence-electron chi connectivity index (χ2n) is 15.7. The van der Waals surface area contributed by atoms with Crippen molar-refractivity contribution in [3.8, 4) is 17.2 Å². The van der Waals surface area contributed by atoms with Crippen molar-refractivity contribution in [3.63, 3.8) is 0 Å². The predicted molar refractivity (Wildman–Crippen MR) is 223 cm³/mol. The van der Waals surface area contributed by atoms with E-state index in [1.807, 2.05) is 36.4 Å². The minimum absolute atomic E-state index is 0.0460. The third-order valence-electron chi connectivity index (χ3n) is 12.1. The summed E-state index contributed by atoms with van der Waals surface area (Å²) in [6, 6.07) is 19.5. The Morgan fingerprint density at radius 1 is 1.02 bits per heavy atom. The number of fused-ring (bicyclic) bond motifs is 3. The lowest BCUT2D eigenvalue weighted by Gasteiger charge is -2.59. The number of ether oxygens (including phenoxy) is 5. The zero-order valence-corrected chi connectivity index (χ0v) is 34.2. The summed E-state index contributed by atoms with van der Waals surface area (Å²) < 4.78 is 32.3. The molecule has 7 unspecified atom stereocenters. The minimum atomic E-state index is -1.39. The summed E-state index contributed by atoms with van der Waals surface area (Å²) in [5, 5.41) is 26.9. The first kappa shape index (κ1) is 42.0. The number of nitrogens with zero attached hydrogens (tertiary/aromatic N) is 2. The van der Waals surface area contributed by atoms with E-state index < -0.39 is 30.1 Å². The van der Waals surface area contributed by atoms with Crippen LogP contribution in [-0.4, -0.2) is 91.0 Å². The van der Waals surface area contributed by atoms with Crippen molar-refractivity contribution in [3.05, 3.63) is 90.5 Å². The van der Waals surface area contributed by atoms with E-state index in [0.717, 1.165) is 72.6 Å². The Morgan fingerprint density at radius 2 is 1.79 bits per heavy atom. The van der Waals surface area contributed by atoms with E-state index in [1.54, 1.807) is 18.0 Å². The largest absolute Gasteiger partial charge is 0.459 e. The van der Waals surface area contributed by atoms with Crippen LogP contribution >= 0.6 is 11.6 Å². The van der Waals surface area contributed by atoms with Gasteiger partial charge in [-0.3, -0.25) is 0 Å². The van der Waals surface area contributed by atoms with Crippen LogP contribution in [0.3, 0.4) is 0 Å². The lowest BCUT2D eigenvalue weighted by molar-refractivity contribution is -0.254. The molecule has 2 fully saturated rings. The fourth-order valence-corrected chi connectivity index (χ4v) is 9.51. The highest BCUT2D eigenvalue weighted by atomic mass is 35.5. The molecule has 1 saturated heterocycles. The van der Waals surface area contributed by atoms with Gasteiger partial charge in [-0.1, -0.05) is 60.5 Å². The molecule has 58 heavy (non-hydrogen) atoms. The van der Waals surface area contributed by atoms with Crippen LogP contribution in [0.2, 0.25) is 0 Å². The van der Waals surface area contributed by atoms with E-state index in [1.165, 1.54) is 0 Å². The Hall–Kier alpha value is -4.13. The van der Waals surface area contributed by atoms with Gasteiger partial charge in [0.25, 0.3) is 0 Å². The fraction of sp³-hybridized carbons (Fsp3) is 0.522. The van der Waals surface area contributed by atoms with Crippen LogP contribution < -0.4 is 9.47 Å². The van der Waals surface area contributed by atoms with Crippen molar-refractivity contribution in [1.29, 1.82) is 0 Å². The lowest BCUT2D eigenvalue weighted by atomic mass is 9.55. The van der Waals surface area contributed by atoms with E-state index in [4.69, 9.17) is 45.3 Å². The van der Waals surface area contributed by atoms with Crippen LogP contribution in [0.1, 0.15) is 75.7 Å². The molecule has 312 valence electrons. The van der Waals surface area contributed by atoms with Crippen molar-refractivity contribution in [1.82, 2.24) is 4.90 Å². The Balaban J connectivity index is 1.40. The maximum absolute atomic E-state index is 13.8. The molecule has 1 amide bonds. The van der Waals surface area contributed by atoms with Gasteiger partial charge in [0, 0.05) is 44.6 Å². The molecule has 1 saturated carbocycles. The Kier molecular flexibility index (Phi) is 14.3. The monoisotopic (exact) mass is 816 g/mol. The van der Waals surface area contributed by atoms with E-state index in [-0.39, 0.29) is 56.5 Å². The molecule has 0 aromatic heterocycles. The summed E-state index contributed by atoms with van der Waals surface area (Å²) >= 11 is 5.97. The van der Waals surface area contributed by atoms with E-state index in [9.17, 15) is 15.0 Å². The first-order valence-corrected chi connectivity index (χ1v) is 21.4. The van der Waals surface area contributed by atoms with Crippen LogP contribution in [0.15, 0.2) is 90.1 Å². The number of aliphatic hydroxyl groups is 2. The van der Waals surface area contributed by atoms with Crippen LogP contribution in [-0.2, 0) is 19.0 Å². The number of benzene rings is 3. The maximum atomic E-state index is 13.8. The molecule has 0 radical (unpaired) electrons. The summed E-state index contributed by atoms with van der Waals surface area (Å²) in [5.41, 5.74) is 2.61. The first-order valence-electron chi connectivity index (χ1n) is 20.9. The molecule has 7 atom stereocenters. The molecular weight excluding hydrogens is 760 g/mol. The summed E-state index contributed by atoms with van der Waals surface area (Å²) in [6.45, 7) is 5.02. The van der Waals surface area contributed by atoms with Crippen molar-refractivity contribution in [2.24, 2.45) is 22.9 Å². The van der Waals surface area contributed by atoms with E-state index >= 15 is 0 Å². The SMILES string of the molecule is C=CCOC12Oc3ccc(Oc4ccc5ccccc5c4)cc3C3C(CCCCO)C(CCCCO)C=C(C(=NOC4CCCCO4)CC1N(C)C(=O)OCCCl)C32. The third-order valence-corrected chi connectivity index (χ3v) is 12.2. The number of likely N-dealkylation sites (N-methyl/N-ethyl adjacent to an activating group) is 1. The molecule has 4 aliphatic rings. The number of hydrogen-bond donors (Lipinski definition) is 2. The average molecular weight is 817 g/mol. The molecule has 0 spiro atoms. The summed E-state index contributed by atoms with van der Waals surface area (Å²) in [7, 11) is 1.70. The summed E-state index contributed by atoms with van der Waals surface area (Å²) in [6.07, 6.45) is 10.6. The second-order valence-corrected chi connectivity index (χ2v) is 16.1. The molecule has 2 aliphatic carbocycles. The van der Waals surface area contributed by atoms with Gasteiger partial charge >= 0.3 is 6.09 Å². The number of unbranched alkanes of at least 4 members (excludes halogenated alkanes) is 2. The van der Waals surface area contributed by atoms with Crippen LogP contribution in [0, 0.1) is 17.8 Å². The van der Waals surface area contributed by atoms with Crippen molar-refractivity contribution in [2.75, 3.05) is 46.0 Å². The number of amides is 1. The Bertz CT molecular complexity index is 1930. The number of halogens is 1. The van der Waals surface area contributed by atoms with Gasteiger partial charge in [-0.15, -0.1) is 18.2 Å². The fourth-order valence-electron chi connectivity index (χ4n) is 9.43. The molecule has 2 N–H and O–H groups in total. The van der Waals surface area contributed by atoms with Crippen LogP contribution in [0.25, 0.3) is 10.8 Å². The molecule has 7 rings (SSSR count). The number of alkyl halides is 1. The van der Waals surface area contributed by atoms with Crippen molar-refractivity contribution in [2.45, 2.75) is 88.2 Å². The van der Waals surface area contributed by atoms with Crippen molar-refractivity contribution >= 4 is 34.2 Å². The van der Waals surface area contributed by atoms with Gasteiger partial charge in [-0.25, -0.2) is 4.79 Å². The Labute approximate surface area is 346 Å². The smallest absolute Gasteiger partial charge is 0.410 e. The van der Waals surface area contributed by atoms with Gasteiger partial charge in [-0.05, 0) is 97.0 Å². The average Bonchev–Trinajstić information content (AvgIpc) is 3.25. The molecule has 2 aliphatic heterocycles. The van der Waals surface area contributed by atoms with Gasteiger partial charge in [0.05, 0.1) is 30.7 Å². The number of allylic oxidation sites excluding steroid dienone is 1. The molecule has 2 heterocycles. The Morgan fingerprint density at radius 3 is 2.55 bits per heavy atom. The number of oxime groups is 1. The second kappa shape index (κ2) is 19.7. The highest BCUT2D eigenvalue weighted by molar-refractivity contribution is 6.18. The molecule has 0 bridgehead atoms. The number of hydrogen-bond acceptors (Lipinski definition) is 10. The molecular formula is C46H57ClN2O9. The highest BCUT2D eigenvalue weighted by Crippen LogP contribution is 2.62. The molecule has 3 aromatic carbocycles. The number of carbonyl (C=O) groups excluding carboxylic acids is 1. The number of carbonyl (C=O) groups is 1. The van der Waals surface area contributed by atoms with Gasteiger partial charge in [-0.2, -0.15) is 0 Å².